The highest BCUT2D eigenvalue weighted by Gasteiger charge is 2.10. The number of Topliss-reactive ketones (excluding diaryl/α,β-unsaturated/α-hetero) is 1. The molecule has 0 aliphatic heterocycles. The fraction of sp³-hybridized carbons (Fsp3) is 0.286. The van der Waals surface area contributed by atoms with Crippen LogP contribution in [0.2, 0.25) is 5.02 Å². The fourth-order valence-corrected chi connectivity index (χ4v) is 3.26. The molecule has 0 unspecified atom stereocenters. The first kappa shape index (κ1) is 19.1. The van der Waals surface area contributed by atoms with Gasteiger partial charge in [-0.05, 0) is 37.6 Å². The van der Waals surface area contributed by atoms with Crippen molar-refractivity contribution < 1.29 is 9.59 Å². The summed E-state index contributed by atoms with van der Waals surface area (Å²) in [5.41, 5.74) is 2.63. The normalized spacial score (nSPS) is 10.9. The number of hydrogen-bond acceptors (Lipinski definition) is 3. The van der Waals surface area contributed by atoms with E-state index >= 15 is 0 Å². The van der Waals surface area contributed by atoms with Gasteiger partial charge >= 0.3 is 0 Å². The molecule has 0 radical (unpaired) electrons. The van der Waals surface area contributed by atoms with Gasteiger partial charge in [0.2, 0.25) is 5.91 Å². The molecule has 6 heteroatoms. The number of rotatable bonds is 8. The lowest BCUT2D eigenvalue weighted by Crippen LogP contribution is -2.25. The van der Waals surface area contributed by atoms with Gasteiger partial charge in [0.1, 0.15) is 5.82 Å². The van der Waals surface area contributed by atoms with Crippen LogP contribution >= 0.6 is 11.6 Å². The summed E-state index contributed by atoms with van der Waals surface area (Å²) >= 11 is 5.89. The monoisotopic (exact) mass is 383 g/mol. The molecule has 1 N–H and O–H groups in total. The molecule has 0 spiro atoms. The van der Waals surface area contributed by atoms with E-state index in [0.717, 1.165) is 29.8 Å². The zero-order valence-corrected chi connectivity index (χ0v) is 16.0. The molecule has 0 aliphatic rings. The van der Waals surface area contributed by atoms with Gasteiger partial charge in [0.15, 0.2) is 5.78 Å². The maximum atomic E-state index is 12.1. The Balaban J connectivity index is 1.42. The van der Waals surface area contributed by atoms with Crippen molar-refractivity contribution in [2.45, 2.75) is 32.7 Å². The first-order valence-electron chi connectivity index (χ1n) is 9.02. The molecule has 3 rings (SSSR count). The lowest BCUT2D eigenvalue weighted by Gasteiger charge is -2.08. The molecule has 2 aromatic carbocycles. The number of imidazole rings is 1. The first-order chi connectivity index (χ1) is 13.0. The van der Waals surface area contributed by atoms with Crippen LogP contribution in [0, 0.1) is 6.92 Å². The number of fused-ring (bicyclic) bond motifs is 1. The lowest BCUT2D eigenvalue weighted by molar-refractivity contribution is -0.121. The van der Waals surface area contributed by atoms with Crippen LogP contribution in [-0.4, -0.2) is 27.8 Å². The van der Waals surface area contributed by atoms with E-state index in [-0.39, 0.29) is 24.5 Å². The highest BCUT2D eigenvalue weighted by molar-refractivity contribution is 6.31. The number of benzene rings is 2. The minimum absolute atomic E-state index is 0.0758. The van der Waals surface area contributed by atoms with Crippen LogP contribution in [0.4, 0.5) is 0 Å². The number of aryl methyl sites for hydroxylation is 2. The van der Waals surface area contributed by atoms with Crippen LogP contribution in [0.1, 0.15) is 35.4 Å². The molecule has 0 saturated carbocycles. The Morgan fingerprint density at radius 2 is 1.93 bits per heavy atom. The molecule has 0 saturated heterocycles. The predicted molar refractivity (Wildman–Crippen MR) is 107 cm³/mol. The molecule has 27 heavy (non-hydrogen) atoms. The van der Waals surface area contributed by atoms with E-state index in [0.29, 0.717) is 17.1 Å². The minimum atomic E-state index is -0.113. The number of hydrogen-bond donors (Lipinski definition) is 1. The van der Waals surface area contributed by atoms with E-state index in [1.165, 1.54) is 0 Å². The van der Waals surface area contributed by atoms with Crippen molar-refractivity contribution in [2.24, 2.45) is 0 Å². The Hall–Kier alpha value is -2.66. The summed E-state index contributed by atoms with van der Waals surface area (Å²) in [5.74, 6) is 0.778. The largest absolute Gasteiger partial charge is 0.356 e. The number of aromatic nitrogens is 2. The zero-order chi connectivity index (χ0) is 19.2. The van der Waals surface area contributed by atoms with Gasteiger partial charge in [0.05, 0.1) is 11.0 Å². The smallest absolute Gasteiger partial charge is 0.220 e. The number of ketones is 1. The molecule has 5 nitrogen and oxygen atoms in total. The van der Waals surface area contributed by atoms with E-state index < -0.39 is 0 Å². The van der Waals surface area contributed by atoms with Crippen LogP contribution < -0.4 is 5.32 Å². The van der Waals surface area contributed by atoms with Crippen molar-refractivity contribution in [1.82, 2.24) is 14.9 Å². The Kier molecular flexibility index (Phi) is 6.24. The van der Waals surface area contributed by atoms with Gasteiger partial charge < -0.3 is 9.88 Å². The van der Waals surface area contributed by atoms with Gasteiger partial charge in [-0.2, -0.15) is 0 Å². The highest BCUT2D eigenvalue weighted by atomic mass is 35.5. The number of halogens is 1. The Morgan fingerprint density at radius 1 is 1.11 bits per heavy atom. The number of nitrogens with zero attached hydrogens (tertiary/aromatic N) is 2. The van der Waals surface area contributed by atoms with Crippen molar-refractivity contribution in [1.29, 1.82) is 0 Å². The van der Waals surface area contributed by atoms with Crippen molar-refractivity contribution in [2.75, 3.05) is 6.54 Å². The van der Waals surface area contributed by atoms with Crippen molar-refractivity contribution in [3.63, 3.8) is 0 Å². The summed E-state index contributed by atoms with van der Waals surface area (Å²) in [7, 11) is 0. The van der Waals surface area contributed by atoms with Crippen LogP contribution in [0.25, 0.3) is 11.0 Å². The SMILES string of the molecule is Cc1nc2ccccc2n1CCCNC(=O)CCC(=O)c1cccc(Cl)c1. The first-order valence-corrected chi connectivity index (χ1v) is 9.40. The average Bonchev–Trinajstić information content (AvgIpc) is 2.98. The Morgan fingerprint density at radius 3 is 2.74 bits per heavy atom. The Labute approximate surface area is 163 Å². The molecule has 0 bridgehead atoms. The third-order valence-corrected chi connectivity index (χ3v) is 4.69. The maximum absolute atomic E-state index is 12.1. The van der Waals surface area contributed by atoms with Gasteiger partial charge in [0, 0.05) is 36.5 Å². The van der Waals surface area contributed by atoms with Gasteiger partial charge in [-0.25, -0.2) is 4.98 Å². The molecular weight excluding hydrogens is 362 g/mol. The average molecular weight is 384 g/mol. The predicted octanol–water partition coefficient (Wildman–Crippen LogP) is 4.17. The summed E-state index contributed by atoms with van der Waals surface area (Å²) in [5, 5.41) is 3.40. The van der Waals surface area contributed by atoms with Gasteiger partial charge in [-0.15, -0.1) is 0 Å². The summed E-state index contributed by atoms with van der Waals surface area (Å²) in [6, 6.07) is 14.8. The molecule has 1 heterocycles. The topological polar surface area (TPSA) is 64.0 Å². The quantitative estimate of drug-likeness (QED) is 0.469. The second-order valence-electron chi connectivity index (χ2n) is 6.44. The van der Waals surface area contributed by atoms with E-state index in [1.807, 2.05) is 25.1 Å². The van der Waals surface area contributed by atoms with Crippen LogP contribution in [0.3, 0.4) is 0 Å². The molecule has 0 aliphatic carbocycles. The second-order valence-corrected chi connectivity index (χ2v) is 6.87. The second kappa shape index (κ2) is 8.82. The van der Waals surface area contributed by atoms with Crippen molar-refractivity contribution in [3.05, 3.63) is 64.9 Å². The maximum Gasteiger partial charge on any atom is 0.220 e. The van der Waals surface area contributed by atoms with Crippen LogP contribution in [0.5, 0.6) is 0 Å². The van der Waals surface area contributed by atoms with Crippen molar-refractivity contribution >= 4 is 34.3 Å². The molecule has 1 aromatic heterocycles. The third-order valence-electron chi connectivity index (χ3n) is 4.45. The van der Waals surface area contributed by atoms with E-state index in [4.69, 9.17) is 11.6 Å². The Bertz CT molecular complexity index is 965. The van der Waals surface area contributed by atoms with Crippen LogP contribution in [-0.2, 0) is 11.3 Å². The molecule has 1 amide bonds. The van der Waals surface area contributed by atoms with Crippen molar-refractivity contribution in [3.8, 4) is 0 Å². The number of amides is 1. The van der Waals surface area contributed by atoms with Gasteiger partial charge in [-0.3, -0.25) is 9.59 Å². The van der Waals surface area contributed by atoms with E-state index in [9.17, 15) is 9.59 Å². The van der Waals surface area contributed by atoms with Gasteiger partial charge in [-0.1, -0.05) is 35.9 Å². The summed E-state index contributed by atoms with van der Waals surface area (Å²) in [4.78, 5) is 28.6. The number of para-hydroxylation sites is 2. The standard InChI is InChI=1S/C21H22ClN3O2/c1-15-24-18-8-2-3-9-19(18)25(15)13-5-12-23-21(27)11-10-20(26)16-6-4-7-17(22)14-16/h2-4,6-9,14H,5,10-13H2,1H3,(H,23,27). The molecule has 0 fully saturated rings. The number of nitrogens with one attached hydrogen (secondary N) is 1. The minimum Gasteiger partial charge on any atom is -0.356 e. The summed E-state index contributed by atoms with van der Waals surface area (Å²) in [6.07, 6.45) is 1.16. The third kappa shape index (κ3) is 4.95. The van der Waals surface area contributed by atoms with E-state index in [1.54, 1.807) is 24.3 Å². The number of carbonyl (C=O) groups excluding carboxylic acids is 2. The fourth-order valence-electron chi connectivity index (χ4n) is 3.06. The van der Waals surface area contributed by atoms with Crippen LogP contribution in [0.15, 0.2) is 48.5 Å². The zero-order valence-electron chi connectivity index (χ0n) is 15.2. The number of carbonyl (C=O) groups is 2. The van der Waals surface area contributed by atoms with E-state index in [2.05, 4.69) is 20.9 Å². The summed E-state index contributed by atoms with van der Waals surface area (Å²) < 4.78 is 2.16. The molecule has 0 atom stereocenters. The molecular formula is C21H22ClN3O2. The van der Waals surface area contributed by atoms with Gasteiger partial charge in [0.25, 0.3) is 0 Å². The molecule has 3 aromatic rings. The summed E-state index contributed by atoms with van der Waals surface area (Å²) in [6.45, 7) is 3.34. The molecule has 140 valence electrons. The highest BCUT2D eigenvalue weighted by Crippen LogP contribution is 2.16. The lowest BCUT2D eigenvalue weighted by atomic mass is 10.1.